The predicted octanol–water partition coefficient (Wildman–Crippen LogP) is 3.01. The molecule has 1 rings (SSSR count). The van der Waals surface area contributed by atoms with Crippen molar-refractivity contribution in [1.29, 1.82) is 0 Å². The van der Waals surface area contributed by atoms with Crippen molar-refractivity contribution in [2.45, 2.75) is 19.9 Å². The Balaban J connectivity index is 2.84. The van der Waals surface area contributed by atoms with Crippen molar-refractivity contribution in [1.82, 2.24) is 0 Å². The van der Waals surface area contributed by atoms with Crippen LogP contribution in [0.15, 0.2) is 18.2 Å². The molecule has 90 valence electrons. The second-order valence-electron chi connectivity index (χ2n) is 4.15. The van der Waals surface area contributed by atoms with Gasteiger partial charge in [0.25, 0.3) is 0 Å². The second kappa shape index (κ2) is 5.97. The van der Waals surface area contributed by atoms with E-state index in [1.54, 1.807) is 7.11 Å². The van der Waals surface area contributed by atoms with Gasteiger partial charge in [0.05, 0.1) is 29.0 Å². The van der Waals surface area contributed by atoms with Crippen LogP contribution < -0.4 is 11.1 Å². The molecule has 1 aromatic rings. The molecule has 0 aliphatic carbocycles. The number of para-hydroxylation sites is 1. The van der Waals surface area contributed by atoms with Gasteiger partial charge in [0, 0.05) is 7.11 Å². The minimum absolute atomic E-state index is 0.201. The Kier molecular flexibility index (Phi) is 4.90. The molecule has 0 bridgehead atoms. The number of nitrogen functional groups attached to an aromatic ring is 1. The van der Waals surface area contributed by atoms with Crippen molar-refractivity contribution in [3.63, 3.8) is 0 Å². The van der Waals surface area contributed by atoms with Crippen LogP contribution in [0.1, 0.15) is 13.8 Å². The van der Waals surface area contributed by atoms with Crippen molar-refractivity contribution in [3.8, 4) is 0 Å². The average molecular weight is 243 g/mol. The number of benzene rings is 1. The third-order valence-electron chi connectivity index (χ3n) is 2.53. The Morgan fingerprint density at radius 3 is 2.62 bits per heavy atom. The highest BCUT2D eigenvalue weighted by Gasteiger charge is 2.15. The Hall–Kier alpha value is -0.930. The fourth-order valence-electron chi connectivity index (χ4n) is 1.46. The molecule has 0 radical (unpaired) electrons. The number of nitrogens with two attached hydrogens (primary N) is 1. The zero-order chi connectivity index (χ0) is 12.1. The minimum Gasteiger partial charge on any atom is -0.397 e. The highest BCUT2D eigenvalue weighted by Crippen LogP contribution is 2.29. The molecule has 0 saturated carbocycles. The first-order valence-electron chi connectivity index (χ1n) is 5.35. The molecule has 0 amide bonds. The van der Waals surface area contributed by atoms with E-state index in [2.05, 4.69) is 19.2 Å². The third kappa shape index (κ3) is 3.29. The number of nitrogens with one attached hydrogen (secondary N) is 1. The Labute approximate surface area is 102 Å². The van der Waals surface area contributed by atoms with Crippen LogP contribution in [0.25, 0.3) is 0 Å². The highest BCUT2D eigenvalue weighted by molar-refractivity contribution is 6.33. The lowest BCUT2D eigenvalue weighted by atomic mass is 10.0. The van der Waals surface area contributed by atoms with Crippen LogP contribution in [0.5, 0.6) is 0 Å². The molecule has 0 heterocycles. The molecule has 1 unspecified atom stereocenters. The van der Waals surface area contributed by atoms with Crippen LogP contribution in [0, 0.1) is 5.92 Å². The lowest BCUT2D eigenvalue weighted by Crippen LogP contribution is -2.30. The molecule has 4 heteroatoms. The fourth-order valence-corrected chi connectivity index (χ4v) is 1.70. The molecule has 0 aromatic heterocycles. The van der Waals surface area contributed by atoms with Gasteiger partial charge < -0.3 is 15.8 Å². The van der Waals surface area contributed by atoms with E-state index in [1.165, 1.54) is 0 Å². The smallest absolute Gasteiger partial charge is 0.0766 e. The van der Waals surface area contributed by atoms with Gasteiger partial charge in [-0.2, -0.15) is 0 Å². The van der Waals surface area contributed by atoms with E-state index in [0.717, 1.165) is 5.69 Å². The molecule has 0 spiro atoms. The SMILES string of the molecule is COCC(Nc1c(N)cccc1Cl)C(C)C. The summed E-state index contributed by atoms with van der Waals surface area (Å²) >= 11 is 6.10. The lowest BCUT2D eigenvalue weighted by Gasteiger charge is -2.24. The normalized spacial score (nSPS) is 12.8. The Morgan fingerprint density at radius 1 is 1.44 bits per heavy atom. The molecule has 1 aromatic carbocycles. The Bertz CT molecular complexity index is 322. The third-order valence-corrected chi connectivity index (χ3v) is 2.84. The summed E-state index contributed by atoms with van der Waals surface area (Å²) in [5, 5.41) is 3.97. The van der Waals surface area contributed by atoms with Gasteiger partial charge >= 0.3 is 0 Å². The summed E-state index contributed by atoms with van der Waals surface area (Å²) in [6.07, 6.45) is 0. The van der Waals surface area contributed by atoms with Crippen molar-refractivity contribution < 1.29 is 4.74 Å². The molecule has 1 atom stereocenters. The summed E-state index contributed by atoms with van der Waals surface area (Å²) in [4.78, 5) is 0. The Morgan fingerprint density at radius 2 is 2.12 bits per heavy atom. The largest absolute Gasteiger partial charge is 0.397 e. The predicted molar refractivity (Wildman–Crippen MR) is 70.0 cm³/mol. The molecular weight excluding hydrogens is 224 g/mol. The molecule has 3 N–H and O–H groups in total. The van der Waals surface area contributed by atoms with E-state index in [9.17, 15) is 0 Å². The number of hydrogen-bond acceptors (Lipinski definition) is 3. The van der Waals surface area contributed by atoms with Crippen LogP contribution in [0.4, 0.5) is 11.4 Å². The van der Waals surface area contributed by atoms with Crippen LogP contribution in [0.2, 0.25) is 5.02 Å². The van der Waals surface area contributed by atoms with E-state index < -0.39 is 0 Å². The quantitative estimate of drug-likeness (QED) is 0.781. The topological polar surface area (TPSA) is 47.3 Å². The maximum absolute atomic E-state index is 6.10. The van der Waals surface area contributed by atoms with Crippen LogP contribution in [0.3, 0.4) is 0 Å². The minimum atomic E-state index is 0.201. The van der Waals surface area contributed by atoms with Gasteiger partial charge in [-0.25, -0.2) is 0 Å². The first kappa shape index (κ1) is 13.1. The lowest BCUT2D eigenvalue weighted by molar-refractivity contribution is 0.171. The van der Waals surface area contributed by atoms with Gasteiger partial charge in [-0.3, -0.25) is 0 Å². The monoisotopic (exact) mass is 242 g/mol. The van der Waals surface area contributed by atoms with Crippen LogP contribution in [-0.4, -0.2) is 19.8 Å². The van der Waals surface area contributed by atoms with Crippen molar-refractivity contribution >= 4 is 23.0 Å². The molecular formula is C12H19ClN2O. The van der Waals surface area contributed by atoms with E-state index in [-0.39, 0.29) is 6.04 Å². The maximum Gasteiger partial charge on any atom is 0.0766 e. The number of halogens is 1. The molecule has 16 heavy (non-hydrogen) atoms. The first-order chi connectivity index (χ1) is 7.56. The summed E-state index contributed by atoms with van der Waals surface area (Å²) in [6, 6.07) is 5.69. The summed E-state index contributed by atoms with van der Waals surface area (Å²) in [7, 11) is 1.69. The first-order valence-corrected chi connectivity index (χ1v) is 5.73. The summed E-state index contributed by atoms with van der Waals surface area (Å²) in [6.45, 7) is 4.88. The molecule has 0 aliphatic heterocycles. The van der Waals surface area contributed by atoms with Gasteiger partial charge in [0.2, 0.25) is 0 Å². The average Bonchev–Trinajstić information content (AvgIpc) is 2.21. The van der Waals surface area contributed by atoms with Crippen LogP contribution >= 0.6 is 11.6 Å². The molecule has 3 nitrogen and oxygen atoms in total. The zero-order valence-corrected chi connectivity index (χ0v) is 10.7. The summed E-state index contributed by atoms with van der Waals surface area (Å²) in [5.74, 6) is 0.440. The zero-order valence-electron chi connectivity index (χ0n) is 9.96. The fraction of sp³-hybridized carbons (Fsp3) is 0.500. The molecule has 0 fully saturated rings. The van der Waals surface area contributed by atoms with Crippen molar-refractivity contribution in [2.24, 2.45) is 5.92 Å². The highest BCUT2D eigenvalue weighted by atomic mass is 35.5. The van der Waals surface area contributed by atoms with E-state index >= 15 is 0 Å². The number of ether oxygens (including phenoxy) is 1. The molecule has 0 saturated heterocycles. The number of anilines is 2. The number of methoxy groups -OCH3 is 1. The van der Waals surface area contributed by atoms with Crippen molar-refractivity contribution in [2.75, 3.05) is 24.8 Å². The van der Waals surface area contributed by atoms with Crippen molar-refractivity contribution in [3.05, 3.63) is 23.2 Å². The van der Waals surface area contributed by atoms with E-state index in [0.29, 0.717) is 23.2 Å². The maximum atomic E-state index is 6.10. The van der Waals surface area contributed by atoms with Gasteiger partial charge in [-0.1, -0.05) is 31.5 Å². The summed E-state index contributed by atoms with van der Waals surface area (Å²) < 4.78 is 5.17. The number of hydrogen-bond donors (Lipinski definition) is 2. The molecule has 0 aliphatic rings. The van der Waals surface area contributed by atoms with Gasteiger partial charge in [-0.15, -0.1) is 0 Å². The summed E-state index contributed by atoms with van der Waals surface area (Å²) in [5.41, 5.74) is 7.33. The van der Waals surface area contributed by atoms with Crippen LogP contribution in [-0.2, 0) is 4.74 Å². The number of rotatable bonds is 5. The van der Waals surface area contributed by atoms with E-state index in [1.807, 2.05) is 18.2 Å². The van der Waals surface area contributed by atoms with Gasteiger partial charge in [0.1, 0.15) is 0 Å². The standard InChI is InChI=1S/C12H19ClN2O/c1-8(2)11(7-16-3)15-12-9(13)5-4-6-10(12)14/h4-6,8,11,15H,7,14H2,1-3H3. The second-order valence-corrected chi connectivity index (χ2v) is 4.56. The van der Waals surface area contributed by atoms with E-state index in [4.69, 9.17) is 22.1 Å². The van der Waals surface area contributed by atoms with Gasteiger partial charge in [-0.05, 0) is 18.1 Å². The van der Waals surface area contributed by atoms with Gasteiger partial charge in [0.15, 0.2) is 0 Å².